The van der Waals surface area contributed by atoms with Gasteiger partial charge in [-0.15, -0.1) is 0 Å². The molecule has 1 N–H and O–H groups in total. The maximum Gasteiger partial charge on any atom is 0.127 e. The molecule has 1 atom stereocenters. The van der Waals surface area contributed by atoms with Gasteiger partial charge in [0.2, 0.25) is 0 Å². The van der Waals surface area contributed by atoms with Crippen LogP contribution in [0.5, 0.6) is 0 Å². The number of hydrogen-bond acceptors (Lipinski definition) is 3. The van der Waals surface area contributed by atoms with Gasteiger partial charge in [-0.2, -0.15) is 0 Å². The van der Waals surface area contributed by atoms with Gasteiger partial charge in [-0.3, -0.25) is 0 Å². The van der Waals surface area contributed by atoms with E-state index in [-0.39, 0.29) is 6.04 Å². The molecule has 3 nitrogen and oxygen atoms in total. The number of aromatic nitrogens is 1. The average molecular weight is 276 g/mol. The summed E-state index contributed by atoms with van der Waals surface area (Å²) in [4.78, 5) is 6.41. The lowest BCUT2D eigenvalue weighted by atomic mass is 10.1. The third-order valence-electron chi connectivity index (χ3n) is 3.34. The van der Waals surface area contributed by atoms with Crippen LogP contribution in [0.3, 0.4) is 0 Å². The van der Waals surface area contributed by atoms with Gasteiger partial charge in [0.15, 0.2) is 0 Å². The van der Waals surface area contributed by atoms with E-state index < -0.39 is 0 Å². The smallest absolute Gasteiger partial charge is 0.127 e. The number of halogens is 1. The van der Waals surface area contributed by atoms with E-state index in [1.807, 2.05) is 37.4 Å². The largest absolute Gasteiger partial charge is 0.373 e. The van der Waals surface area contributed by atoms with Crippen LogP contribution in [-0.4, -0.2) is 19.1 Å². The van der Waals surface area contributed by atoms with E-state index >= 15 is 0 Å². The fraction of sp³-hybridized carbons (Fsp3) is 0.267. The van der Waals surface area contributed by atoms with Gasteiger partial charge in [-0.1, -0.05) is 29.8 Å². The van der Waals surface area contributed by atoms with Crippen molar-refractivity contribution < 1.29 is 0 Å². The second kappa shape index (κ2) is 5.93. The Labute approximate surface area is 119 Å². The number of nitrogens with zero attached hydrogens (tertiary/aromatic N) is 2. The van der Waals surface area contributed by atoms with Crippen LogP contribution in [0.15, 0.2) is 42.6 Å². The Balaban J connectivity index is 2.28. The molecule has 0 fully saturated rings. The number of benzene rings is 1. The molecular formula is C15H18ClN3. The summed E-state index contributed by atoms with van der Waals surface area (Å²) in [6.45, 7) is 2.14. The van der Waals surface area contributed by atoms with Crippen LogP contribution in [-0.2, 0) is 0 Å². The van der Waals surface area contributed by atoms with Crippen molar-refractivity contribution in [3.63, 3.8) is 0 Å². The van der Waals surface area contributed by atoms with Gasteiger partial charge in [0, 0.05) is 37.1 Å². The van der Waals surface area contributed by atoms with Gasteiger partial charge in [0.25, 0.3) is 0 Å². The van der Waals surface area contributed by atoms with Gasteiger partial charge < -0.3 is 10.2 Å². The van der Waals surface area contributed by atoms with Gasteiger partial charge in [-0.25, -0.2) is 4.98 Å². The molecule has 0 spiro atoms. The molecule has 2 aromatic rings. The summed E-state index contributed by atoms with van der Waals surface area (Å²) < 4.78 is 0. The number of rotatable bonds is 4. The lowest BCUT2D eigenvalue weighted by molar-refractivity contribution is 0.739. The van der Waals surface area contributed by atoms with Crippen molar-refractivity contribution in [2.75, 3.05) is 24.3 Å². The summed E-state index contributed by atoms with van der Waals surface area (Å²) >= 11 is 6.26. The maximum absolute atomic E-state index is 6.26. The second-order valence-corrected chi connectivity index (χ2v) is 4.86. The molecule has 0 bridgehead atoms. The summed E-state index contributed by atoms with van der Waals surface area (Å²) in [5.74, 6) is 0.857. The van der Waals surface area contributed by atoms with Crippen LogP contribution in [0.1, 0.15) is 18.5 Å². The van der Waals surface area contributed by atoms with Crippen LogP contribution in [0, 0.1) is 0 Å². The molecule has 1 heterocycles. The molecule has 0 saturated carbocycles. The standard InChI is InChI=1S/C15H18ClN3/c1-11(13-6-4-5-7-14(13)16)19(3)12-8-9-18-15(10-12)17-2/h4-11H,1-3H3,(H,17,18). The molecule has 0 saturated heterocycles. The Morgan fingerprint density at radius 3 is 2.68 bits per heavy atom. The van der Waals surface area contributed by atoms with Crippen molar-refractivity contribution in [3.8, 4) is 0 Å². The minimum Gasteiger partial charge on any atom is -0.373 e. The minimum absolute atomic E-state index is 0.195. The fourth-order valence-corrected chi connectivity index (χ4v) is 2.32. The maximum atomic E-state index is 6.26. The first kappa shape index (κ1) is 13.7. The fourth-order valence-electron chi connectivity index (χ4n) is 2.02. The highest BCUT2D eigenvalue weighted by Crippen LogP contribution is 2.30. The molecular weight excluding hydrogens is 258 g/mol. The van der Waals surface area contributed by atoms with Crippen molar-refractivity contribution in [1.82, 2.24) is 4.98 Å². The highest BCUT2D eigenvalue weighted by molar-refractivity contribution is 6.31. The molecule has 1 aromatic carbocycles. The number of nitrogens with one attached hydrogen (secondary N) is 1. The predicted molar refractivity (Wildman–Crippen MR) is 82.1 cm³/mol. The zero-order valence-corrected chi connectivity index (χ0v) is 12.1. The summed E-state index contributed by atoms with van der Waals surface area (Å²) in [5.41, 5.74) is 2.22. The van der Waals surface area contributed by atoms with Crippen molar-refractivity contribution in [2.45, 2.75) is 13.0 Å². The van der Waals surface area contributed by atoms with Crippen molar-refractivity contribution >= 4 is 23.1 Å². The second-order valence-electron chi connectivity index (χ2n) is 4.46. The van der Waals surface area contributed by atoms with E-state index in [1.165, 1.54) is 0 Å². The van der Waals surface area contributed by atoms with E-state index in [0.29, 0.717) is 0 Å². The van der Waals surface area contributed by atoms with Crippen molar-refractivity contribution in [3.05, 3.63) is 53.2 Å². The number of anilines is 2. The quantitative estimate of drug-likeness (QED) is 0.915. The Hall–Kier alpha value is -1.74. The molecule has 0 amide bonds. The number of pyridine rings is 1. The molecule has 0 aliphatic heterocycles. The molecule has 0 radical (unpaired) electrons. The highest BCUT2D eigenvalue weighted by Gasteiger charge is 2.15. The molecule has 0 aliphatic rings. The summed E-state index contributed by atoms with van der Waals surface area (Å²) in [5, 5.41) is 3.84. The third-order valence-corrected chi connectivity index (χ3v) is 3.69. The van der Waals surface area contributed by atoms with Crippen LogP contribution in [0.25, 0.3) is 0 Å². The van der Waals surface area contributed by atoms with E-state index in [9.17, 15) is 0 Å². The molecule has 4 heteroatoms. The zero-order chi connectivity index (χ0) is 13.8. The first-order valence-corrected chi connectivity index (χ1v) is 6.62. The van der Waals surface area contributed by atoms with E-state index in [0.717, 1.165) is 22.1 Å². The molecule has 0 aliphatic carbocycles. The lowest BCUT2D eigenvalue weighted by Crippen LogP contribution is -2.22. The zero-order valence-electron chi connectivity index (χ0n) is 11.4. The van der Waals surface area contributed by atoms with Crippen LogP contribution < -0.4 is 10.2 Å². The monoisotopic (exact) mass is 275 g/mol. The number of hydrogen-bond donors (Lipinski definition) is 1. The van der Waals surface area contributed by atoms with Crippen molar-refractivity contribution in [1.29, 1.82) is 0 Å². The van der Waals surface area contributed by atoms with E-state index in [4.69, 9.17) is 11.6 Å². The van der Waals surface area contributed by atoms with Crippen molar-refractivity contribution in [2.24, 2.45) is 0 Å². The topological polar surface area (TPSA) is 28.2 Å². The SMILES string of the molecule is CNc1cc(N(C)C(C)c2ccccc2Cl)ccn1. The van der Waals surface area contributed by atoms with Gasteiger partial charge in [0.1, 0.15) is 5.82 Å². The Morgan fingerprint density at radius 1 is 1.26 bits per heavy atom. The van der Waals surface area contributed by atoms with Gasteiger partial charge in [0.05, 0.1) is 6.04 Å². The first-order chi connectivity index (χ1) is 9.13. The van der Waals surface area contributed by atoms with Crippen LogP contribution >= 0.6 is 11.6 Å². The Kier molecular flexibility index (Phi) is 4.27. The Bertz CT molecular complexity index is 557. The molecule has 19 heavy (non-hydrogen) atoms. The predicted octanol–water partition coefficient (Wildman–Crippen LogP) is 3.97. The summed E-state index contributed by atoms with van der Waals surface area (Å²) in [6.07, 6.45) is 1.80. The van der Waals surface area contributed by atoms with Gasteiger partial charge >= 0.3 is 0 Å². The summed E-state index contributed by atoms with van der Waals surface area (Å²) in [6, 6.07) is 12.2. The highest BCUT2D eigenvalue weighted by atomic mass is 35.5. The van der Waals surface area contributed by atoms with E-state index in [2.05, 4.69) is 35.2 Å². The molecule has 1 aromatic heterocycles. The molecule has 2 rings (SSSR count). The average Bonchev–Trinajstić information content (AvgIpc) is 2.46. The molecule has 100 valence electrons. The summed E-state index contributed by atoms with van der Waals surface area (Å²) in [7, 11) is 3.92. The Morgan fingerprint density at radius 2 is 2.00 bits per heavy atom. The van der Waals surface area contributed by atoms with Crippen LogP contribution in [0.4, 0.5) is 11.5 Å². The van der Waals surface area contributed by atoms with Gasteiger partial charge in [-0.05, 0) is 24.6 Å². The first-order valence-electron chi connectivity index (χ1n) is 6.24. The van der Waals surface area contributed by atoms with Crippen LogP contribution in [0.2, 0.25) is 5.02 Å². The normalized spacial score (nSPS) is 12.0. The lowest BCUT2D eigenvalue weighted by Gasteiger charge is -2.28. The van der Waals surface area contributed by atoms with E-state index in [1.54, 1.807) is 6.20 Å². The molecule has 1 unspecified atom stereocenters. The minimum atomic E-state index is 0.195. The third kappa shape index (κ3) is 2.99.